The molecular weight excluding hydrogens is 443 g/mol. The average molecular weight is 457 g/mol. The molecule has 1 aliphatic rings. The van der Waals surface area contributed by atoms with Gasteiger partial charge >= 0.3 is 0 Å². The highest BCUT2D eigenvalue weighted by atomic mass is 32.2. The van der Waals surface area contributed by atoms with Gasteiger partial charge in [0.05, 0.1) is 17.9 Å². The van der Waals surface area contributed by atoms with E-state index in [0.29, 0.717) is 22.2 Å². The van der Waals surface area contributed by atoms with Gasteiger partial charge in [0.25, 0.3) is 5.56 Å². The van der Waals surface area contributed by atoms with E-state index in [1.54, 1.807) is 0 Å². The number of nitrogens with zero attached hydrogens (tertiary/aromatic N) is 4. The van der Waals surface area contributed by atoms with Crippen LogP contribution < -0.4 is 10.9 Å². The van der Waals surface area contributed by atoms with Crippen LogP contribution in [0, 0.1) is 17.5 Å². The maximum Gasteiger partial charge on any atom is 0.265 e. The molecule has 7 nitrogen and oxygen atoms in total. The number of carbonyl (C=O) groups is 1. The van der Waals surface area contributed by atoms with Crippen molar-refractivity contribution >= 4 is 34.4 Å². The lowest BCUT2D eigenvalue weighted by Crippen LogP contribution is -2.27. The van der Waals surface area contributed by atoms with Crippen molar-refractivity contribution in [2.45, 2.75) is 17.6 Å². The van der Waals surface area contributed by atoms with Crippen LogP contribution in [0.25, 0.3) is 16.7 Å². The summed E-state index contributed by atoms with van der Waals surface area (Å²) in [5.74, 6) is -2.45. The number of benzene rings is 2. The van der Waals surface area contributed by atoms with Crippen LogP contribution in [-0.4, -0.2) is 31.0 Å². The van der Waals surface area contributed by atoms with Crippen LogP contribution in [0.15, 0.2) is 58.6 Å². The number of aromatic nitrogens is 4. The smallest absolute Gasteiger partial charge is 0.265 e. The van der Waals surface area contributed by atoms with Crippen molar-refractivity contribution in [1.82, 2.24) is 19.3 Å². The maximum atomic E-state index is 13.4. The van der Waals surface area contributed by atoms with E-state index < -0.39 is 23.6 Å². The Bertz CT molecular complexity index is 1420. The van der Waals surface area contributed by atoms with Gasteiger partial charge in [0, 0.05) is 23.9 Å². The van der Waals surface area contributed by atoms with E-state index in [1.807, 2.05) is 0 Å². The van der Waals surface area contributed by atoms with Gasteiger partial charge in [-0.15, -0.1) is 0 Å². The molecule has 11 heteroatoms. The number of hydrogen-bond donors (Lipinski definition) is 1. The Morgan fingerprint density at radius 3 is 2.66 bits per heavy atom. The summed E-state index contributed by atoms with van der Waals surface area (Å²) < 4.78 is 42.6. The summed E-state index contributed by atoms with van der Waals surface area (Å²) in [4.78, 5) is 30.1. The Kier molecular flexibility index (Phi) is 4.97. The van der Waals surface area contributed by atoms with E-state index in [1.165, 1.54) is 57.5 Å². The summed E-state index contributed by atoms with van der Waals surface area (Å²) in [7, 11) is 0. The van der Waals surface area contributed by atoms with Gasteiger partial charge < -0.3 is 5.32 Å². The summed E-state index contributed by atoms with van der Waals surface area (Å²) in [5, 5.41) is 7.45. The quantitative estimate of drug-likeness (QED) is 0.473. The normalized spacial score (nSPS) is 15.2. The molecule has 1 amide bonds. The van der Waals surface area contributed by atoms with Crippen LogP contribution >= 0.6 is 11.8 Å². The van der Waals surface area contributed by atoms with Gasteiger partial charge in [-0.05, 0) is 36.4 Å². The minimum atomic E-state index is -1.06. The fourth-order valence-corrected chi connectivity index (χ4v) is 4.68. The fraction of sp³-hybridized carbons (Fsp3) is 0.143. The largest absolute Gasteiger partial charge is 0.326 e. The van der Waals surface area contributed by atoms with Crippen LogP contribution in [-0.2, 0) is 4.79 Å². The second kappa shape index (κ2) is 7.83. The fourth-order valence-electron chi connectivity index (χ4n) is 3.55. The van der Waals surface area contributed by atoms with Gasteiger partial charge in [0.15, 0.2) is 22.4 Å². The van der Waals surface area contributed by atoms with Crippen LogP contribution in [0.2, 0.25) is 0 Å². The van der Waals surface area contributed by atoms with Crippen LogP contribution in [0.3, 0.4) is 0 Å². The van der Waals surface area contributed by atoms with E-state index in [-0.39, 0.29) is 28.9 Å². The minimum absolute atomic E-state index is 0.0435. The molecule has 3 heterocycles. The molecule has 0 saturated carbocycles. The molecule has 4 aromatic rings. The molecule has 5 rings (SSSR count). The summed E-state index contributed by atoms with van der Waals surface area (Å²) in [6, 6.07) is 8.27. The lowest BCUT2D eigenvalue weighted by atomic mass is 10.2. The van der Waals surface area contributed by atoms with Crippen molar-refractivity contribution < 1.29 is 18.0 Å². The first-order valence-corrected chi connectivity index (χ1v) is 10.5. The second-order valence-electron chi connectivity index (χ2n) is 7.19. The third-order valence-corrected chi connectivity index (χ3v) is 6.16. The molecule has 162 valence electrons. The number of halogens is 3. The predicted molar refractivity (Wildman–Crippen MR) is 112 cm³/mol. The van der Waals surface area contributed by atoms with Crippen molar-refractivity contribution in [1.29, 1.82) is 0 Å². The standard InChI is InChI=1S/C21H14F3N5O2S/c22-11-1-4-13(5-2-11)29-19-15(9-25-29)20(31)28-14(10-32-21(28)27-19)8-18(30)26-12-3-6-16(23)17(24)7-12/h1-7,9,14H,8,10H2,(H,26,30). The number of rotatable bonds is 4. The first-order valence-electron chi connectivity index (χ1n) is 9.54. The Morgan fingerprint density at radius 1 is 1.12 bits per heavy atom. The number of nitrogens with one attached hydrogen (secondary N) is 1. The highest BCUT2D eigenvalue weighted by Crippen LogP contribution is 2.33. The van der Waals surface area contributed by atoms with Crippen molar-refractivity contribution in [2.75, 3.05) is 11.1 Å². The van der Waals surface area contributed by atoms with Crippen LogP contribution in [0.5, 0.6) is 0 Å². The van der Waals surface area contributed by atoms with E-state index >= 15 is 0 Å². The third-order valence-electron chi connectivity index (χ3n) is 5.07. The molecule has 1 N–H and O–H groups in total. The van der Waals surface area contributed by atoms with Crippen molar-refractivity contribution in [2.24, 2.45) is 0 Å². The van der Waals surface area contributed by atoms with Crippen LogP contribution in [0.4, 0.5) is 18.9 Å². The van der Waals surface area contributed by atoms with Gasteiger partial charge in [-0.1, -0.05) is 11.8 Å². The highest BCUT2D eigenvalue weighted by molar-refractivity contribution is 7.99. The van der Waals surface area contributed by atoms with Gasteiger partial charge in [-0.25, -0.2) is 22.8 Å². The van der Waals surface area contributed by atoms with E-state index in [4.69, 9.17) is 0 Å². The zero-order chi connectivity index (χ0) is 22.4. The zero-order valence-electron chi connectivity index (χ0n) is 16.3. The second-order valence-corrected chi connectivity index (χ2v) is 8.17. The first-order chi connectivity index (χ1) is 15.4. The van der Waals surface area contributed by atoms with Gasteiger partial charge in [0.2, 0.25) is 5.91 Å². The van der Waals surface area contributed by atoms with Crippen LogP contribution in [0.1, 0.15) is 12.5 Å². The summed E-state index contributed by atoms with van der Waals surface area (Å²) in [5.41, 5.74) is 0.686. The molecule has 32 heavy (non-hydrogen) atoms. The first kappa shape index (κ1) is 20.3. The van der Waals surface area contributed by atoms with E-state index in [0.717, 1.165) is 12.1 Å². The van der Waals surface area contributed by atoms with Crippen molar-refractivity contribution in [3.8, 4) is 5.69 Å². The number of hydrogen-bond acceptors (Lipinski definition) is 5. The van der Waals surface area contributed by atoms with Crippen molar-refractivity contribution in [3.63, 3.8) is 0 Å². The highest BCUT2D eigenvalue weighted by Gasteiger charge is 2.29. The molecule has 0 aliphatic carbocycles. The molecule has 0 saturated heterocycles. The summed E-state index contributed by atoms with van der Waals surface area (Å²) in [6.07, 6.45) is 1.35. The SMILES string of the molecule is O=C(CC1CSc2nc3c(cnn3-c3ccc(F)cc3)c(=O)n21)Nc1ccc(F)c(F)c1. The van der Waals surface area contributed by atoms with E-state index in [9.17, 15) is 22.8 Å². The Balaban J connectivity index is 1.43. The number of anilines is 1. The molecule has 0 spiro atoms. The molecule has 0 fully saturated rings. The summed E-state index contributed by atoms with van der Waals surface area (Å²) >= 11 is 1.33. The topological polar surface area (TPSA) is 81.8 Å². The lowest BCUT2D eigenvalue weighted by molar-refractivity contribution is -0.116. The Morgan fingerprint density at radius 2 is 1.91 bits per heavy atom. The number of fused-ring (bicyclic) bond motifs is 2. The molecule has 2 aromatic carbocycles. The van der Waals surface area contributed by atoms with Gasteiger partial charge in [0.1, 0.15) is 11.2 Å². The monoisotopic (exact) mass is 457 g/mol. The predicted octanol–water partition coefficient (Wildman–Crippen LogP) is 3.68. The molecule has 0 radical (unpaired) electrons. The molecule has 1 atom stereocenters. The lowest BCUT2D eigenvalue weighted by Gasteiger charge is -2.13. The Hall–Kier alpha value is -3.60. The third kappa shape index (κ3) is 3.54. The van der Waals surface area contributed by atoms with Crippen molar-refractivity contribution in [3.05, 3.63) is 76.5 Å². The van der Waals surface area contributed by atoms with Gasteiger partial charge in [-0.3, -0.25) is 14.2 Å². The molecule has 1 aliphatic heterocycles. The average Bonchev–Trinajstić information content (AvgIpc) is 3.36. The van der Waals surface area contributed by atoms with E-state index in [2.05, 4.69) is 15.4 Å². The molecule has 1 unspecified atom stereocenters. The Labute approximate surface area is 182 Å². The number of carbonyl (C=O) groups excluding carboxylic acids is 1. The number of thioether (sulfide) groups is 1. The number of amides is 1. The summed E-state index contributed by atoms with van der Waals surface area (Å²) in [6.45, 7) is 0. The van der Waals surface area contributed by atoms with Gasteiger partial charge in [-0.2, -0.15) is 5.10 Å². The maximum absolute atomic E-state index is 13.4. The minimum Gasteiger partial charge on any atom is -0.326 e. The zero-order valence-corrected chi connectivity index (χ0v) is 17.1. The molecule has 2 aromatic heterocycles. The molecule has 0 bridgehead atoms. The molecular formula is C21H14F3N5O2S.